The largest absolute Gasteiger partial charge is 0.384 e. The van der Waals surface area contributed by atoms with Crippen molar-refractivity contribution in [1.29, 1.82) is 0 Å². The van der Waals surface area contributed by atoms with E-state index in [1.807, 2.05) is 27.7 Å². The molecule has 4 heteroatoms. The molecule has 100 valence electrons. The number of nitrogen functional groups attached to an aromatic ring is 1. The molecule has 4 nitrogen and oxygen atoms in total. The van der Waals surface area contributed by atoms with Crippen molar-refractivity contribution in [2.45, 2.75) is 40.2 Å². The number of anilines is 1. The molecule has 1 aromatic rings. The van der Waals surface area contributed by atoms with Gasteiger partial charge in [0, 0.05) is 19.2 Å². The summed E-state index contributed by atoms with van der Waals surface area (Å²) in [6, 6.07) is 3.53. The Morgan fingerprint density at radius 3 is 2.67 bits per heavy atom. The molecule has 0 radical (unpaired) electrons. The summed E-state index contributed by atoms with van der Waals surface area (Å²) in [5.74, 6) is 0.513. The van der Waals surface area contributed by atoms with Crippen molar-refractivity contribution in [3.63, 3.8) is 0 Å². The fourth-order valence-corrected chi connectivity index (χ4v) is 1.89. The minimum absolute atomic E-state index is 0.0787. The van der Waals surface area contributed by atoms with Crippen molar-refractivity contribution < 1.29 is 9.53 Å². The average Bonchev–Trinajstić information content (AvgIpc) is 2.24. The van der Waals surface area contributed by atoms with Gasteiger partial charge in [-0.25, -0.2) is 4.98 Å². The highest BCUT2D eigenvalue weighted by Gasteiger charge is 2.31. The summed E-state index contributed by atoms with van der Waals surface area (Å²) in [4.78, 5) is 16.2. The zero-order valence-corrected chi connectivity index (χ0v) is 11.6. The smallest absolute Gasteiger partial charge is 0.166 e. The molecule has 1 heterocycles. The van der Waals surface area contributed by atoms with E-state index in [1.165, 1.54) is 0 Å². The van der Waals surface area contributed by atoms with E-state index < -0.39 is 6.10 Å². The number of hydrogen-bond acceptors (Lipinski definition) is 4. The van der Waals surface area contributed by atoms with Crippen molar-refractivity contribution in [2.24, 2.45) is 5.41 Å². The summed E-state index contributed by atoms with van der Waals surface area (Å²) in [6.07, 6.45) is 1.55. The first-order chi connectivity index (χ1) is 8.34. The second-order valence-corrected chi connectivity index (χ2v) is 5.43. The number of carbonyl (C=O) groups is 1. The molecule has 2 N–H and O–H groups in total. The molecule has 0 saturated heterocycles. The van der Waals surface area contributed by atoms with E-state index in [9.17, 15) is 4.79 Å². The van der Waals surface area contributed by atoms with Gasteiger partial charge in [-0.15, -0.1) is 0 Å². The monoisotopic (exact) mass is 250 g/mol. The first-order valence-electron chi connectivity index (χ1n) is 6.19. The Hall–Kier alpha value is -1.42. The maximum Gasteiger partial charge on any atom is 0.166 e. The number of pyridine rings is 1. The lowest BCUT2D eigenvalue weighted by molar-refractivity contribution is -0.136. The van der Waals surface area contributed by atoms with Crippen molar-refractivity contribution in [1.82, 2.24) is 4.98 Å². The van der Waals surface area contributed by atoms with Crippen LogP contribution in [0.15, 0.2) is 18.3 Å². The molecule has 0 fully saturated rings. The van der Waals surface area contributed by atoms with Gasteiger partial charge in [0.1, 0.15) is 11.9 Å². The predicted molar refractivity (Wildman–Crippen MR) is 72.2 cm³/mol. The quantitative estimate of drug-likeness (QED) is 0.870. The molecule has 0 saturated carbocycles. The van der Waals surface area contributed by atoms with Crippen LogP contribution in [0.25, 0.3) is 0 Å². The molecule has 0 aliphatic heterocycles. The third-order valence-corrected chi connectivity index (χ3v) is 2.64. The van der Waals surface area contributed by atoms with Gasteiger partial charge in [0.05, 0.1) is 0 Å². The van der Waals surface area contributed by atoms with E-state index in [-0.39, 0.29) is 11.2 Å². The SMILES string of the molecule is CCOC(C(=O)Cc1ccnc(N)c1)C(C)(C)C. The van der Waals surface area contributed by atoms with Crippen LogP contribution in [0.5, 0.6) is 0 Å². The van der Waals surface area contributed by atoms with Crippen molar-refractivity contribution >= 4 is 11.6 Å². The molecular formula is C14H22N2O2. The molecule has 0 aliphatic rings. The third kappa shape index (κ3) is 4.11. The van der Waals surface area contributed by atoms with Crippen molar-refractivity contribution in [3.05, 3.63) is 23.9 Å². The normalized spacial score (nSPS) is 13.3. The number of hydrogen-bond donors (Lipinski definition) is 1. The van der Waals surface area contributed by atoms with E-state index >= 15 is 0 Å². The fourth-order valence-electron chi connectivity index (χ4n) is 1.89. The minimum Gasteiger partial charge on any atom is -0.384 e. The van der Waals surface area contributed by atoms with Gasteiger partial charge in [-0.1, -0.05) is 20.8 Å². The van der Waals surface area contributed by atoms with Crippen molar-refractivity contribution in [3.8, 4) is 0 Å². The number of Topliss-reactive ketones (excluding diaryl/α,β-unsaturated/α-hetero) is 1. The number of rotatable bonds is 5. The molecule has 0 aliphatic carbocycles. The van der Waals surface area contributed by atoms with Crippen LogP contribution in [-0.4, -0.2) is 23.5 Å². The lowest BCUT2D eigenvalue weighted by Crippen LogP contribution is -2.38. The zero-order chi connectivity index (χ0) is 13.8. The van der Waals surface area contributed by atoms with Crippen LogP contribution in [-0.2, 0) is 16.0 Å². The Morgan fingerprint density at radius 2 is 2.17 bits per heavy atom. The molecule has 18 heavy (non-hydrogen) atoms. The van der Waals surface area contributed by atoms with E-state index in [4.69, 9.17) is 10.5 Å². The fraction of sp³-hybridized carbons (Fsp3) is 0.571. The van der Waals surface area contributed by atoms with Crippen LogP contribution in [0.3, 0.4) is 0 Å². The number of nitrogens with two attached hydrogens (primary N) is 1. The molecule has 0 bridgehead atoms. The van der Waals surface area contributed by atoms with Gasteiger partial charge >= 0.3 is 0 Å². The van der Waals surface area contributed by atoms with Gasteiger partial charge in [0.15, 0.2) is 5.78 Å². The van der Waals surface area contributed by atoms with Crippen LogP contribution in [0, 0.1) is 5.41 Å². The first-order valence-corrected chi connectivity index (χ1v) is 6.19. The van der Waals surface area contributed by atoms with E-state index in [2.05, 4.69) is 4.98 Å². The molecule has 1 rings (SSSR count). The molecular weight excluding hydrogens is 228 g/mol. The van der Waals surface area contributed by atoms with Crippen LogP contribution in [0.4, 0.5) is 5.82 Å². The third-order valence-electron chi connectivity index (χ3n) is 2.64. The standard InChI is InChI=1S/C14H22N2O2/c1-5-18-13(14(2,3)4)11(17)8-10-6-7-16-12(15)9-10/h6-7,9,13H,5,8H2,1-4H3,(H2,15,16). The highest BCUT2D eigenvalue weighted by molar-refractivity contribution is 5.86. The molecule has 0 aromatic carbocycles. The maximum atomic E-state index is 12.3. The molecule has 1 atom stereocenters. The summed E-state index contributed by atoms with van der Waals surface area (Å²) in [5, 5.41) is 0. The Kier molecular flexibility index (Phi) is 4.84. The van der Waals surface area contributed by atoms with E-state index in [0.717, 1.165) is 5.56 Å². The van der Waals surface area contributed by atoms with Gasteiger partial charge < -0.3 is 10.5 Å². The highest BCUT2D eigenvalue weighted by Crippen LogP contribution is 2.24. The van der Waals surface area contributed by atoms with Gasteiger partial charge in [-0.2, -0.15) is 0 Å². The number of carbonyl (C=O) groups excluding carboxylic acids is 1. The second-order valence-electron chi connectivity index (χ2n) is 5.43. The van der Waals surface area contributed by atoms with Gasteiger partial charge in [-0.3, -0.25) is 4.79 Å². The molecule has 0 spiro atoms. The summed E-state index contributed by atoms with van der Waals surface area (Å²) >= 11 is 0. The van der Waals surface area contributed by atoms with Crippen LogP contribution in [0.1, 0.15) is 33.3 Å². The van der Waals surface area contributed by atoms with Crippen LogP contribution >= 0.6 is 0 Å². The topological polar surface area (TPSA) is 65.2 Å². The number of ether oxygens (including phenoxy) is 1. The Morgan fingerprint density at radius 1 is 1.50 bits per heavy atom. The zero-order valence-electron chi connectivity index (χ0n) is 11.6. The molecule has 0 amide bonds. The predicted octanol–water partition coefficient (Wildman–Crippen LogP) is 2.23. The summed E-state index contributed by atoms with van der Waals surface area (Å²) in [6.45, 7) is 8.45. The van der Waals surface area contributed by atoms with Gasteiger partial charge in [-0.05, 0) is 30.0 Å². The van der Waals surface area contributed by atoms with Crippen LogP contribution in [0.2, 0.25) is 0 Å². The summed E-state index contributed by atoms with van der Waals surface area (Å²) < 4.78 is 5.57. The summed E-state index contributed by atoms with van der Waals surface area (Å²) in [5.41, 5.74) is 6.27. The molecule has 1 aromatic heterocycles. The van der Waals surface area contributed by atoms with Crippen molar-refractivity contribution in [2.75, 3.05) is 12.3 Å². The Balaban J connectivity index is 2.79. The van der Waals surface area contributed by atoms with E-state index in [1.54, 1.807) is 18.3 Å². The lowest BCUT2D eigenvalue weighted by atomic mass is 9.84. The number of nitrogens with zero attached hydrogens (tertiary/aromatic N) is 1. The highest BCUT2D eigenvalue weighted by atomic mass is 16.5. The van der Waals surface area contributed by atoms with Gasteiger partial charge in [0.2, 0.25) is 0 Å². The van der Waals surface area contributed by atoms with Crippen LogP contribution < -0.4 is 5.73 Å². The lowest BCUT2D eigenvalue weighted by Gasteiger charge is -2.29. The number of aromatic nitrogens is 1. The van der Waals surface area contributed by atoms with E-state index in [0.29, 0.717) is 18.8 Å². The average molecular weight is 250 g/mol. The van der Waals surface area contributed by atoms with Gasteiger partial charge in [0.25, 0.3) is 0 Å². The summed E-state index contributed by atoms with van der Waals surface area (Å²) in [7, 11) is 0. The first kappa shape index (κ1) is 14.6. The number of ketones is 1. The minimum atomic E-state index is -0.392. The Labute approximate surface area is 109 Å². The Bertz CT molecular complexity index is 411. The molecule has 1 unspecified atom stereocenters. The second kappa shape index (κ2) is 5.96. The maximum absolute atomic E-state index is 12.3.